The Morgan fingerprint density at radius 2 is 2.00 bits per heavy atom. The Morgan fingerprint density at radius 3 is 2.80 bits per heavy atom. The molecule has 1 saturated heterocycles. The zero-order valence-corrected chi connectivity index (χ0v) is 11.8. The lowest BCUT2D eigenvalue weighted by Crippen LogP contribution is -2.42. The van der Waals surface area contributed by atoms with Crippen molar-refractivity contribution in [3.63, 3.8) is 0 Å². The Balaban J connectivity index is 1.70. The van der Waals surface area contributed by atoms with Crippen LogP contribution >= 0.6 is 0 Å². The van der Waals surface area contributed by atoms with Crippen LogP contribution in [0.1, 0.15) is 5.82 Å². The molecule has 1 aliphatic heterocycles. The smallest absolute Gasteiger partial charge is 0.106 e. The minimum absolute atomic E-state index is 0.385. The molecule has 2 aromatic rings. The lowest BCUT2D eigenvalue weighted by molar-refractivity contribution is 0.0116. The Bertz CT molecular complexity index is 576. The van der Waals surface area contributed by atoms with Crippen molar-refractivity contribution in [2.24, 2.45) is 0 Å². The number of benzene rings is 1. The van der Waals surface area contributed by atoms with Crippen LogP contribution in [0.4, 0.5) is 0 Å². The van der Waals surface area contributed by atoms with Crippen LogP contribution in [0.15, 0.2) is 24.3 Å². The minimum atomic E-state index is -0.385. The number of hydrogen-bond donors (Lipinski definition) is 1. The van der Waals surface area contributed by atoms with E-state index in [0.29, 0.717) is 13.1 Å². The van der Waals surface area contributed by atoms with Crippen LogP contribution in [-0.4, -0.2) is 58.5 Å². The van der Waals surface area contributed by atoms with Crippen molar-refractivity contribution >= 4 is 11.0 Å². The predicted octanol–water partition coefficient (Wildman–Crippen LogP) is 1.04. The first-order valence-electron chi connectivity index (χ1n) is 7.14. The van der Waals surface area contributed by atoms with Gasteiger partial charge in [0.15, 0.2) is 0 Å². The van der Waals surface area contributed by atoms with Crippen LogP contribution < -0.4 is 0 Å². The molecule has 1 aliphatic rings. The number of aliphatic hydroxyl groups excluding tert-OH is 1. The number of aromatic nitrogens is 2. The number of aryl methyl sites for hydroxylation is 1. The predicted molar refractivity (Wildman–Crippen MR) is 77.7 cm³/mol. The zero-order valence-electron chi connectivity index (χ0n) is 11.8. The molecule has 0 saturated carbocycles. The summed E-state index contributed by atoms with van der Waals surface area (Å²) in [6.07, 6.45) is -0.385. The monoisotopic (exact) mass is 275 g/mol. The Hall–Kier alpha value is -1.43. The van der Waals surface area contributed by atoms with Gasteiger partial charge in [-0.05, 0) is 19.1 Å². The van der Waals surface area contributed by atoms with Crippen molar-refractivity contribution in [2.75, 3.05) is 32.8 Å². The summed E-state index contributed by atoms with van der Waals surface area (Å²) in [7, 11) is 0. The molecule has 1 aromatic carbocycles. The van der Waals surface area contributed by atoms with E-state index < -0.39 is 0 Å². The van der Waals surface area contributed by atoms with Gasteiger partial charge in [0.1, 0.15) is 5.82 Å². The zero-order chi connectivity index (χ0) is 13.9. The molecular formula is C15H21N3O2. The van der Waals surface area contributed by atoms with E-state index in [9.17, 15) is 5.11 Å². The van der Waals surface area contributed by atoms with E-state index >= 15 is 0 Å². The average molecular weight is 275 g/mol. The largest absolute Gasteiger partial charge is 0.390 e. The number of rotatable bonds is 4. The quantitative estimate of drug-likeness (QED) is 0.906. The first-order valence-corrected chi connectivity index (χ1v) is 7.14. The lowest BCUT2D eigenvalue weighted by atomic mass is 10.2. The van der Waals surface area contributed by atoms with Gasteiger partial charge in [-0.1, -0.05) is 12.1 Å². The molecule has 1 unspecified atom stereocenters. The number of nitrogens with zero attached hydrogens (tertiary/aromatic N) is 3. The fourth-order valence-electron chi connectivity index (χ4n) is 2.78. The number of hydrogen-bond acceptors (Lipinski definition) is 4. The van der Waals surface area contributed by atoms with Crippen LogP contribution in [0, 0.1) is 6.92 Å². The summed E-state index contributed by atoms with van der Waals surface area (Å²) in [6, 6.07) is 8.06. The third kappa shape index (κ3) is 2.85. The van der Waals surface area contributed by atoms with Gasteiger partial charge in [0.2, 0.25) is 0 Å². The van der Waals surface area contributed by atoms with Gasteiger partial charge in [-0.25, -0.2) is 4.98 Å². The number of aliphatic hydroxyl groups is 1. The number of morpholine rings is 1. The molecule has 5 nitrogen and oxygen atoms in total. The highest BCUT2D eigenvalue weighted by Gasteiger charge is 2.17. The van der Waals surface area contributed by atoms with Crippen molar-refractivity contribution in [2.45, 2.75) is 19.6 Å². The van der Waals surface area contributed by atoms with Crippen LogP contribution in [0.5, 0.6) is 0 Å². The van der Waals surface area contributed by atoms with Crippen LogP contribution in [0.25, 0.3) is 11.0 Å². The molecule has 1 aromatic heterocycles. The third-order valence-electron chi connectivity index (χ3n) is 3.81. The van der Waals surface area contributed by atoms with Crippen LogP contribution in [-0.2, 0) is 11.3 Å². The lowest BCUT2D eigenvalue weighted by Gasteiger charge is -2.28. The van der Waals surface area contributed by atoms with Gasteiger partial charge in [0, 0.05) is 19.6 Å². The van der Waals surface area contributed by atoms with Crippen molar-refractivity contribution in [3.05, 3.63) is 30.1 Å². The summed E-state index contributed by atoms with van der Waals surface area (Å²) in [5.74, 6) is 0.951. The number of β-amino-alcohol motifs (C(OH)–C–C–N with tert-alkyl or cyclic N) is 1. The molecule has 108 valence electrons. The maximum absolute atomic E-state index is 10.3. The third-order valence-corrected chi connectivity index (χ3v) is 3.81. The molecule has 0 bridgehead atoms. The number of ether oxygens (including phenoxy) is 1. The van der Waals surface area contributed by atoms with E-state index in [-0.39, 0.29) is 6.10 Å². The topological polar surface area (TPSA) is 50.5 Å². The Labute approximate surface area is 118 Å². The van der Waals surface area contributed by atoms with Crippen molar-refractivity contribution in [3.8, 4) is 0 Å². The summed E-state index contributed by atoms with van der Waals surface area (Å²) < 4.78 is 7.42. The van der Waals surface area contributed by atoms with E-state index in [1.807, 2.05) is 25.1 Å². The number of para-hydroxylation sites is 2. The molecule has 0 spiro atoms. The van der Waals surface area contributed by atoms with Gasteiger partial charge in [0.05, 0.1) is 36.9 Å². The van der Waals surface area contributed by atoms with Crippen LogP contribution in [0.2, 0.25) is 0 Å². The van der Waals surface area contributed by atoms with Crippen molar-refractivity contribution in [1.82, 2.24) is 14.5 Å². The molecule has 0 radical (unpaired) electrons. The second-order valence-electron chi connectivity index (χ2n) is 5.33. The molecule has 1 atom stereocenters. The first-order chi connectivity index (χ1) is 9.74. The van der Waals surface area contributed by atoms with E-state index in [4.69, 9.17) is 4.74 Å². The van der Waals surface area contributed by atoms with Gasteiger partial charge in [-0.2, -0.15) is 0 Å². The number of fused-ring (bicyclic) bond motifs is 1. The summed E-state index contributed by atoms with van der Waals surface area (Å²) in [4.78, 5) is 6.78. The second-order valence-corrected chi connectivity index (χ2v) is 5.33. The highest BCUT2D eigenvalue weighted by Crippen LogP contribution is 2.16. The van der Waals surface area contributed by atoms with E-state index in [1.165, 1.54) is 0 Å². The molecule has 20 heavy (non-hydrogen) atoms. The fourth-order valence-corrected chi connectivity index (χ4v) is 2.78. The first kappa shape index (κ1) is 13.5. The molecule has 5 heteroatoms. The molecule has 1 N–H and O–H groups in total. The molecular weight excluding hydrogens is 254 g/mol. The molecule has 2 heterocycles. The number of imidazole rings is 1. The summed E-state index contributed by atoms with van der Waals surface area (Å²) >= 11 is 0. The SMILES string of the molecule is Cc1nc2ccccc2n1CC(O)CN1CCOCC1. The van der Waals surface area contributed by atoms with Gasteiger partial charge in [0.25, 0.3) is 0 Å². The molecule has 0 aliphatic carbocycles. The van der Waals surface area contributed by atoms with E-state index in [2.05, 4.69) is 20.5 Å². The Kier molecular flexibility index (Phi) is 4.00. The van der Waals surface area contributed by atoms with E-state index in [0.717, 1.165) is 43.2 Å². The minimum Gasteiger partial charge on any atom is -0.390 e. The molecule has 3 rings (SSSR count). The van der Waals surface area contributed by atoms with Gasteiger partial charge < -0.3 is 14.4 Å². The summed E-state index contributed by atoms with van der Waals surface area (Å²) in [6.45, 7) is 6.60. The highest BCUT2D eigenvalue weighted by atomic mass is 16.5. The molecule has 1 fully saturated rings. The van der Waals surface area contributed by atoms with Crippen molar-refractivity contribution in [1.29, 1.82) is 0 Å². The fraction of sp³-hybridized carbons (Fsp3) is 0.533. The van der Waals surface area contributed by atoms with Crippen LogP contribution in [0.3, 0.4) is 0 Å². The van der Waals surface area contributed by atoms with Crippen molar-refractivity contribution < 1.29 is 9.84 Å². The summed E-state index contributed by atoms with van der Waals surface area (Å²) in [5, 5.41) is 10.3. The van der Waals surface area contributed by atoms with E-state index in [1.54, 1.807) is 0 Å². The summed E-state index contributed by atoms with van der Waals surface area (Å²) in [5.41, 5.74) is 2.08. The van der Waals surface area contributed by atoms with Gasteiger partial charge in [-0.3, -0.25) is 4.90 Å². The normalized spacial score (nSPS) is 18.5. The standard InChI is InChI=1S/C15H21N3O2/c1-12-16-14-4-2-3-5-15(14)18(12)11-13(19)10-17-6-8-20-9-7-17/h2-5,13,19H,6-11H2,1H3. The maximum atomic E-state index is 10.3. The average Bonchev–Trinajstić information content (AvgIpc) is 2.76. The maximum Gasteiger partial charge on any atom is 0.106 e. The Morgan fingerprint density at radius 1 is 1.25 bits per heavy atom. The van der Waals surface area contributed by atoms with Gasteiger partial charge >= 0.3 is 0 Å². The van der Waals surface area contributed by atoms with Gasteiger partial charge in [-0.15, -0.1) is 0 Å². The highest BCUT2D eigenvalue weighted by molar-refractivity contribution is 5.75. The molecule has 0 amide bonds. The second kappa shape index (κ2) is 5.91.